The first kappa shape index (κ1) is 6.88. The van der Waals surface area contributed by atoms with Crippen LogP contribution in [0.2, 0.25) is 0 Å². The SMILES string of the molecule is O=c1[nH]cc(O)n1CCO. The van der Waals surface area contributed by atoms with Gasteiger partial charge in [-0.1, -0.05) is 0 Å². The van der Waals surface area contributed by atoms with Crippen LogP contribution in [-0.2, 0) is 6.54 Å². The highest BCUT2D eigenvalue weighted by Crippen LogP contribution is 2.00. The van der Waals surface area contributed by atoms with Gasteiger partial charge in [0.25, 0.3) is 0 Å². The first-order chi connectivity index (χ1) is 4.75. The maximum atomic E-state index is 10.7. The van der Waals surface area contributed by atoms with Gasteiger partial charge in [-0.3, -0.25) is 4.57 Å². The van der Waals surface area contributed by atoms with Crippen LogP contribution in [-0.4, -0.2) is 26.4 Å². The van der Waals surface area contributed by atoms with Gasteiger partial charge in [0.1, 0.15) is 0 Å². The van der Waals surface area contributed by atoms with E-state index in [0.717, 1.165) is 4.57 Å². The molecular weight excluding hydrogens is 136 g/mol. The molecule has 0 aliphatic rings. The van der Waals surface area contributed by atoms with Crippen molar-refractivity contribution in [2.75, 3.05) is 6.61 Å². The minimum absolute atomic E-state index is 0.119. The Labute approximate surface area is 56.6 Å². The molecule has 0 saturated carbocycles. The molecule has 0 aliphatic heterocycles. The highest BCUT2D eigenvalue weighted by atomic mass is 16.3. The number of nitrogens with one attached hydrogen (secondary N) is 1. The Bertz CT molecular complexity index is 262. The standard InChI is InChI=1S/C5H8N2O3/c8-2-1-7-4(9)3-6-5(7)10/h3,8-9H,1-2H2,(H,6,10). The summed E-state index contributed by atoms with van der Waals surface area (Å²) < 4.78 is 1.04. The number of rotatable bonds is 2. The van der Waals surface area contributed by atoms with Gasteiger partial charge >= 0.3 is 5.69 Å². The Morgan fingerprint density at radius 3 is 2.80 bits per heavy atom. The average molecular weight is 144 g/mol. The first-order valence-electron chi connectivity index (χ1n) is 2.83. The van der Waals surface area contributed by atoms with E-state index in [9.17, 15) is 4.79 Å². The van der Waals surface area contributed by atoms with Gasteiger partial charge in [0.15, 0.2) is 0 Å². The van der Waals surface area contributed by atoms with E-state index in [1.165, 1.54) is 6.20 Å². The molecule has 0 fully saturated rings. The van der Waals surface area contributed by atoms with Gasteiger partial charge in [-0.15, -0.1) is 0 Å². The summed E-state index contributed by atoms with van der Waals surface area (Å²) in [4.78, 5) is 12.9. The largest absolute Gasteiger partial charge is 0.493 e. The summed E-state index contributed by atoms with van der Waals surface area (Å²) in [5.74, 6) is -0.154. The Balaban J connectivity index is 2.99. The lowest BCUT2D eigenvalue weighted by Gasteiger charge is -1.96. The Morgan fingerprint density at radius 2 is 2.40 bits per heavy atom. The molecule has 5 nitrogen and oxygen atoms in total. The lowest BCUT2D eigenvalue weighted by atomic mass is 10.6. The van der Waals surface area contributed by atoms with Crippen LogP contribution < -0.4 is 5.69 Å². The molecule has 3 N–H and O–H groups in total. The number of aromatic nitrogens is 2. The molecule has 1 aromatic heterocycles. The molecule has 10 heavy (non-hydrogen) atoms. The highest BCUT2D eigenvalue weighted by molar-refractivity contribution is 5.02. The highest BCUT2D eigenvalue weighted by Gasteiger charge is 2.00. The normalized spacial score (nSPS) is 10.1. The van der Waals surface area contributed by atoms with Crippen LogP contribution in [0.5, 0.6) is 5.88 Å². The molecule has 56 valence electrons. The lowest BCUT2D eigenvalue weighted by molar-refractivity contribution is 0.265. The summed E-state index contributed by atoms with van der Waals surface area (Å²) in [5, 5.41) is 17.3. The minimum atomic E-state index is -0.411. The molecule has 1 aromatic rings. The molecule has 0 saturated heterocycles. The maximum absolute atomic E-state index is 10.7. The minimum Gasteiger partial charge on any atom is -0.493 e. The number of aliphatic hydroxyl groups is 1. The van der Waals surface area contributed by atoms with Crippen molar-refractivity contribution in [2.24, 2.45) is 0 Å². The van der Waals surface area contributed by atoms with Gasteiger partial charge in [-0.2, -0.15) is 0 Å². The Kier molecular flexibility index (Phi) is 1.77. The molecule has 1 rings (SSSR count). The fraction of sp³-hybridized carbons (Fsp3) is 0.400. The number of H-pyrrole nitrogens is 1. The van der Waals surface area contributed by atoms with E-state index in [0.29, 0.717) is 0 Å². The molecule has 0 unspecified atom stereocenters. The molecule has 5 heteroatoms. The van der Waals surface area contributed by atoms with E-state index >= 15 is 0 Å². The Hall–Kier alpha value is -1.23. The second-order valence-electron chi connectivity index (χ2n) is 1.83. The molecule has 0 atom stereocenters. The van der Waals surface area contributed by atoms with Gasteiger partial charge in [-0.25, -0.2) is 4.79 Å². The zero-order valence-corrected chi connectivity index (χ0v) is 5.24. The van der Waals surface area contributed by atoms with Crippen LogP contribution in [0.15, 0.2) is 11.0 Å². The van der Waals surface area contributed by atoms with E-state index in [4.69, 9.17) is 10.2 Å². The van der Waals surface area contributed by atoms with Crippen molar-refractivity contribution >= 4 is 0 Å². The quantitative estimate of drug-likeness (QED) is 0.491. The molecule has 1 heterocycles. The smallest absolute Gasteiger partial charge is 0.328 e. The summed E-state index contributed by atoms with van der Waals surface area (Å²) in [6.45, 7) is -0.0422. The molecule has 0 bridgehead atoms. The average Bonchev–Trinajstić information content (AvgIpc) is 2.20. The molecule has 0 aliphatic carbocycles. The van der Waals surface area contributed by atoms with Crippen LogP contribution in [0.3, 0.4) is 0 Å². The Morgan fingerprint density at radius 1 is 1.70 bits per heavy atom. The molecule has 0 amide bonds. The lowest BCUT2D eigenvalue weighted by Crippen LogP contribution is -2.18. The van der Waals surface area contributed by atoms with Gasteiger partial charge in [0, 0.05) is 0 Å². The van der Waals surface area contributed by atoms with Crippen molar-refractivity contribution in [1.82, 2.24) is 9.55 Å². The number of aliphatic hydroxyl groups excluding tert-OH is 1. The second-order valence-corrected chi connectivity index (χ2v) is 1.83. The molecule has 0 spiro atoms. The topological polar surface area (TPSA) is 78.2 Å². The third-order valence-electron chi connectivity index (χ3n) is 1.17. The third kappa shape index (κ3) is 1.03. The van der Waals surface area contributed by atoms with E-state index in [1.807, 2.05) is 0 Å². The van der Waals surface area contributed by atoms with E-state index in [2.05, 4.69) is 4.98 Å². The van der Waals surface area contributed by atoms with E-state index in [-0.39, 0.29) is 19.0 Å². The van der Waals surface area contributed by atoms with Crippen molar-refractivity contribution in [3.63, 3.8) is 0 Å². The monoisotopic (exact) mass is 144 g/mol. The zero-order chi connectivity index (χ0) is 7.56. The summed E-state index contributed by atoms with van der Waals surface area (Å²) >= 11 is 0. The van der Waals surface area contributed by atoms with Crippen molar-refractivity contribution in [3.8, 4) is 5.88 Å². The zero-order valence-electron chi connectivity index (χ0n) is 5.24. The second kappa shape index (κ2) is 2.57. The van der Waals surface area contributed by atoms with Crippen LogP contribution in [0.1, 0.15) is 0 Å². The third-order valence-corrected chi connectivity index (χ3v) is 1.17. The van der Waals surface area contributed by atoms with Gasteiger partial charge in [0.05, 0.1) is 19.3 Å². The molecular formula is C5H8N2O3. The predicted molar refractivity (Wildman–Crippen MR) is 33.8 cm³/mol. The number of nitrogens with zero attached hydrogens (tertiary/aromatic N) is 1. The van der Waals surface area contributed by atoms with Crippen LogP contribution in [0.25, 0.3) is 0 Å². The van der Waals surface area contributed by atoms with Crippen LogP contribution in [0.4, 0.5) is 0 Å². The van der Waals surface area contributed by atoms with Gasteiger partial charge in [-0.05, 0) is 0 Å². The van der Waals surface area contributed by atoms with Crippen molar-refractivity contribution < 1.29 is 10.2 Å². The summed E-state index contributed by atoms with van der Waals surface area (Å²) in [6.07, 6.45) is 1.18. The van der Waals surface area contributed by atoms with Crippen molar-refractivity contribution in [2.45, 2.75) is 6.54 Å². The number of aromatic amines is 1. The van der Waals surface area contributed by atoms with E-state index < -0.39 is 5.69 Å². The number of imidazole rings is 1. The summed E-state index contributed by atoms with van der Waals surface area (Å²) in [6, 6.07) is 0. The van der Waals surface area contributed by atoms with Crippen molar-refractivity contribution in [3.05, 3.63) is 16.7 Å². The van der Waals surface area contributed by atoms with Crippen molar-refractivity contribution in [1.29, 1.82) is 0 Å². The number of hydrogen-bond donors (Lipinski definition) is 3. The van der Waals surface area contributed by atoms with Crippen LogP contribution in [0, 0.1) is 0 Å². The molecule has 0 radical (unpaired) electrons. The maximum Gasteiger partial charge on any atom is 0.328 e. The van der Waals surface area contributed by atoms with Gasteiger partial charge < -0.3 is 15.2 Å². The number of hydrogen-bond acceptors (Lipinski definition) is 3. The predicted octanol–water partition coefficient (Wildman–Crippen LogP) is -1.13. The fourth-order valence-corrected chi connectivity index (χ4v) is 0.702. The number of aromatic hydroxyl groups is 1. The van der Waals surface area contributed by atoms with Gasteiger partial charge in [0.2, 0.25) is 5.88 Å². The molecule has 0 aromatic carbocycles. The summed E-state index contributed by atoms with van der Waals surface area (Å²) in [7, 11) is 0. The first-order valence-corrected chi connectivity index (χ1v) is 2.83. The van der Waals surface area contributed by atoms with E-state index in [1.54, 1.807) is 0 Å². The van der Waals surface area contributed by atoms with Crippen LogP contribution >= 0.6 is 0 Å². The fourth-order valence-electron chi connectivity index (χ4n) is 0.702. The summed E-state index contributed by atoms with van der Waals surface area (Å²) in [5.41, 5.74) is -0.411.